The number of hydrogen-bond donors (Lipinski definition) is 1. The van der Waals surface area contributed by atoms with Gasteiger partial charge in [-0.15, -0.1) is 0 Å². The van der Waals surface area contributed by atoms with Crippen LogP contribution in [0.5, 0.6) is 0 Å². The van der Waals surface area contributed by atoms with E-state index in [1.165, 1.54) is 11.1 Å². The topological polar surface area (TPSA) is 42.7 Å². The fourth-order valence-electron chi connectivity index (χ4n) is 2.91. The Morgan fingerprint density at radius 3 is 2.57 bits per heavy atom. The molecular weight excluding hydrogens is 284 g/mol. The van der Waals surface area contributed by atoms with Crippen LogP contribution in [0.3, 0.4) is 0 Å². The van der Waals surface area contributed by atoms with Crippen molar-refractivity contribution in [3.8, 4) is 0 Å². The van der Waals surface area contributed by atoms with Crippen molar-refractivity contribution in [3.63, 3.8) is 0 Å². The van der Waals surface area contributed by atoms with E-state index in [4.69, 9.17) is 0 Å². The molecular formula is C19H18N4. The second-order valence-electron chi connectivity index (χ2n) is 5.64. The van der Waals surface area contributed by atoms with Gasteiger partial charge in [0.1, 0.15) is 12.4 Å². The maximum absolute atomic E-state index is 4.38. The third-order valence-electron chi connectivity index (χ3n) is 4.22. The normalized spacial score (nSPS) is 16.4. The molecule has 2 heterocycles. The van der Waals surface area contributed by atoms with Crippen LogP contribution in [0.1, 0.15) is 29.7 Å². The minimum atomic E-state index is 0.0508. The molecule has 4 nitrogen and oxygen atoms in total. The van der Waals surface area contributed by atoms with Crippen LogP contribution in [0.15, 0.2) is 67.0 Å². The fourth-order valence-corrected chi connectivity index (χ4v) is 2.91. The first kappa shape index (κ1) is 13.8. The molecule has 4 rings (SSSR count). The lowest BCUT2D eigenvalue weighted by atomic mass is 10.00. The van der Waals surface area contributed by atoms with Crippen LogP contribution < -0.4 is 5.32 Å². The lowest BCUT2D eigenvalue weighted by Gasteiger charge is -2.24. The lowest BCUT2D eigenvalue weighted by Crippen LogP contribution is -2.20. The van der Waals surface area contributed by atoms with E-state index in [0.717, 1.165) is 23.6 Å². The first-order chi connectivity index (χ1) is 11.3. The number of aromatic nitrogens is 3. The molecule has 1 aliphatic rings. The number of anilines is 1. The molecule has 1 aliphatic heterocycles. The first-order valence-electron chi connectivity index (χ1n) is 7.88. The summed E-state index contributed by atoms with van der Waals surface area (Å²) in [6.07, 6.45) is 4.85. The number of fused-ring (bicyclic) bond motifs is 1. The number of hydrogen-bond acceptors (Lipinski definition) is 3. The highest BCUT2D eigenvalue weighted by Gasteiger charge is 2.23. The SMILES string of the molecule is CCc1ccc([C@@H]2C=C(c3ccccc3)Nc3ncnn32)cc1. The molecule has 4 heteroatoms. The standard InChI is InChI=1S/C19H18N4/c1-2-14-8-10-16(11-9-14)18-12-17(15-6-4-3-5-7-15)22-19-20-13-21-23(18)19/h3-13,18H,2H2,1H3,(H,20,21,22)/t18-/m0/s1. The van der Waals surface area contributed by atoms with Crippen molar-refractivity contribution in [2.45, 2.75) is 19.4 Å². The smallest absolute Gasteiger partial charge is 0.226 e. The maximum Gasteiger partial charge on any atom is 0.226 e. The van der Waals surface area contributed by atoms with E-state index in [1.807, 2.05) is 22.9 Å². The number of nitrogens with zero attached hydrogens (tertiary/aromatic N) is 3. The Bertz CT molecular complexity index is 831. The number of nitrogens with one attached hydrogen (secondary N) is 1. The molecule has 1 aromatic heterocycles. The number of benzene rings is 2. The molecule has 0 unspecified atom stereocenters. The van der Waals surface area contributed by atoms with Crippen LogP contribution in [0, 0.1) is 0 Å². The van der Waals surface area contributed by atoms with Gasteiger partial charge >= 0.3 is 0 Å². The molecule has 1 atom stereocenters. The molecule has 0 bridgehead atoms. The molecule has 0 fully saturated rings. The highest BCUT2D eigenvalue weighted by molar-refractivity contribution is 5.76. The minimum absolute atomic E-state index is 0.0508. The Morgan fingerprint density at radius 1 is 1.04 bits per heavy atom. The van der Waals surface area contributed by atoms with Crippen LogP contribution in [0.25, 0.3) is 5.70 Å². The van der Waals surface area contributed by atoms with Gasteiger partial charge in [-0.05, 0) is 29.2 Å². The van der Waals surface area contributed by atoms with Crippen molar-refractivity contribution in [1.82, 2.24) is 14.8 Å². The monoisotopic (exact) mass is 302 g/mol. The average molecular weight is 302 g/mol. The summed E-state index contributed by atoms with van der Waals surface area (Å²) in [5, 5.41) is 7.75. The highest BCUT2D eigenvalue weighted by atomic mass is 15.4. The van der Waals surface area contributed by atoms with Gasteiger partial charge in [0.05, 0.1) is 0 Å². The van der Waals surface area contributed by atoms with Crippen molar-refractivity contribution in [1.29, 1.82) is 0 Å². The van der Waals surface area contributed by atoms with Gasteiger partial charge in [-0.25, -0.2) is 4.68 Å². The van der Waals surface area contributed by atoms with E-state index >= 15 is 0 Å². The van der Waals surface area contributed by atoms with Gasteiger partial charge in [0.25, 0.3) is 0 Å². The molecule has 0 radical (unpaired) electrons. The van der Waals surface area contributed by atoms with Crippen molar-refractivity contribution in [2.24, 2.45) is 0 Å². The quantitative estimate of drug-likeness (QED) is 0.798. The zero-order valence-electron chi connectivity index (χ0n) is 13.0. The van der Waals surface area contributed by atoms with Gasteiger partial charge in [-0.1, -0.05) is 61.5 Å². The zero-order chi connectivity index (χ0) is 15.6. The van der Waals surface area contributed by atoms with Gasteiger partial charge in [-0.3, -0.25) is 0 Å². The molecule has 114 valence electrons. The van der Waals surface area contributed by atoms with Crippen molar-refractivity contribution in [2.75, 3.05) is 5.32 Å². The molecule has 2 aromatic carbocycles. The summed E-state index contributed by atoms with van der Waals surface area (Å²) in [5.74, 6) is 0.774. The summed E-state index contributed by atoms with van der Waals surface area (Å²) in [6.45, 7) is 2.17. The largest absolute Gasteiger partial charge is 0.324 e. The van der Waals surface area contributed by atoms with E-state index in [9.17, 15) is 0 Å². The molecule has 0 saturated heterocycles. The number of rotatable bonds is 3. The second-order valence-corrected chi connectivity index (χ2v) is 5.64. The van der Waals surface area contributed by atoms with Gasteiger partial charge in [0.15, 0.2) is 0 Å². The van der Waals surface area contributed by atoms with Crippen LogP contribution in [-0.4, -0.2) is 14.8 Å². The Kier molecular flexibility index (Phi) is 3.42. The van der Waals surface area contributed by atoms with Crippen molar-refractivity contribution >= 4 is 11.6 Å². The Hall–Kier alpha value is -2.88. The van der Waals surface area contributed by atoms with Gasteiger partial charge in [0, 0.05) is 5.70 Å². The summed E-state index contributed by atoms with van der Waals surface area (Å²) >= 11 is 0. The highest BCUT2D eigenvalue weighted by Crippen LogP contribution is 2.31. The molecule has 0 spiro atoms. The van der Waals surface area contributed by atoms with E-state index in [2.05, 4.69) is 64.8 Å². The van der Waals surface area contributed by atoms with E-state index in [-0.39, 0.29) is 6.04 Å². The van der Waals surface area contributed by atoms with Crippen LogP contribution >= 0.6 is 0 Å². The summed E-state index contributed by atoms with van der Waals surface area (Å²) in [5.41, 5.74) is 4.77. The van der Waals surface area contributed by atoms with E-state index in [0.29, 0.717) is 0 Å². The van der Waals surface area contributed by atoms with Gasteiger partial charge < -0.3 is 5.32 Å². The molecule has 3 aromatic rings. The predicted octanol–water partition coefficient (Wildman–Crippen LogP) is 3.90. The maximum atomic E-state index is 4.38. The molecule has 0 aliphatic carbocycles. The van der Waals surface area contributed by atoms with E-state index in [1.54, 1.807) is 6.33 Å². The third-order valence-corrected chi connectivity index (χ3v) is 4.22. The first-order valence-corrected chi connectivity index (χ1v) is 7.88. The lowest BCUT2D eigenvalue weighted by molar-refractivity contribution is 0.611. The third kappa shape index (κ3) is 2.52. The fraction of sp³-hybridized carbons (Fsp3) is 0.158. The number of aryl methyl sites for hydroxylation is 1. The van der Waals surface area contributed by atoms with Crippen LogP contribution in [0.4, 0.5) is 5.95 Å². The summed E-state index contributed by atoms with van der Waals surface area (Å²) < 4.78 is 1.92. The number of allylic oxidation sites excluding steroid dienone is 1. The Labute approximate surface area is 135 Å². The van der Waals surface area contributed by atoms with Gasteiger partial charge in [0.2, 0.25) is 5.95 Å². The molecule has 1 N–H and O–H groups in total. The molecule has 0 saturated carbocycles. The van der Waals surface area contributed by atoms with Crippen molar-refractivity contribution in [3.05, 3.63) is 83.7 Å². The molecule has 0 amide bonds. The van der Waals surface area contributed by atoms with E-state index < -0.39 is 0 Å². The van der Waals surface area contributed by atoms with Crippen LogP contribution in [0.2, 0.25) is 0 Å². The van der Waals surface area contributed by atoms with Crippen LogP contribution in [-0.2, 0) is 6.42 Å². The van der Waals surface area contributed by atoms with Crippen molar-refractivity contribution < 1.29 is 0 Å². The average Bonchev–Trinajstić information content (AvgIpc) is 3.10. The summed E-state index contributed by atoms with van der Waals surface area (Å²) in [6, 6.07) is 19.1. The summed E-state index contributed by atoms with van der Waals surface area (Å²) in [4.78, 5) is 4.34. The zero-order valence-corrected chi connectivity index (χ0v) is 13.0. The second kappa shape index (κ2) is 5.72. The predicted molar refractivity (Wildman–Crippen MR) is 92.0 cm³/mol. The van der Waals surface area contributed by atoms with Gasteiger partial charge in [-0.2, -0.15) is 10.1 Å². The molecule has 23 heavy (non-hydrogen) atoms. The summed E-state index contributed by atoms with van der Waals surface area (Å²) in [7, 11) is 0. The minimum Gasteiger partial charge on any atom is -0.324 e. The Balaban J connectivity index is 1.78. The Morgan fingerprint density at radius 2 is 1.83 bits per heavy atom.